The Morgan fingerprint density at radius 1 is 1.22 bits per heavy atom. The molecule has 0 aromatic carbocycles. The zero-order chi connectivity index (χ0) is 13.1. The number of carbonyl (C=O) groups excluding carboxylic acids is 1. The molecule has 1 unspecified atom stereocenters. The monoisotopic (exact) mass is 254 g/mol. The number of aliphatic hydroxyl groups is 1. The SMILES string of the molecule is CCC1(C(=O)NCC2(O)CCCCC2)CCCN1. The number of rotatable bonds is 4. The van der Waals surface area contributed by atoms with Gasteiger partial charge in [0.1, 0.15) is 0 Å². The summed E-state index contributed by atoms with van der Waals surface area (Å²) in [6, 6.07) is 0. The fraction of sp³-hybridized carbons (Fsp3) is 0.929. The van der Waals surface area contributed by atoms with Crippen molar-refractivity contribution in [3.8, 4) is 0 Å². The largest absolute Gasteiger partial charge is 0.388 e. The molecule has 18 heavy (non-hydrogen) atoms. The van der Waals surface area contributed by atoms with Crippen molar-refractivity contribution in [3.05, 3.63) is 0 Å². The van der Waals surface area contributed by atoms with E-state index in [4.69, 9.17) is 0 Å². The number of nitrogens with one attached hydrogen (secondary N) is 2. The highest BCUT2D eigenvalue weighted by Gasteiger charge is 2.40. The van der Waals surface area contributed by atoms with E-state index in [1.807, 2.05) is 6.92 Å². The highest BCUT2D eigenvalue weighted by molar-refractivity contribution is 5.86. The van der Waals surface area contributed by atoms with E-state index in [9.17, 15) is 9.90 Å². The molecule has 1 saturated heterocycles. The lowest BCUT2D eigenvalue weighted by atomic mass is 9.84. The molecule has 4 heteroatoms. The van der Waals surface area contributed by atoms with Crippen LogP contribution in [0.2, 0.25) is 0 Å². The van der Waals surface area contributed by atoms with Crippen molar-refractivity contribution in [3.63, 3.8) is 0 Å². The molecule has 0 bridgehead atoms. The Balaban J connectivity index is 1.87. The summed E-state index contributed by atoms with van der Waals surface area (Å²) in [5.41, 5.74) is -1.05. The van der Waals surface area contributed by atoms with Crippen molar-refractivity contribution >= 4 is 5.91 Å². The average molecular weight is 254 g/mol. The van der Waals surface area contributed by atoms with Crippen LogP contribution in [0.1, 0.15) is 58.3 Å². The van der Waals surface area contributed by atoms with Crippen LogP contribution < -0.4 is 10.6 Å². The summed E-state index contributed by atoms with van der Waals surface area (Å²) in [5, 5.41) is 16.7. The maximum Gasteiger partial charge on any atom is 0.240 e. The molecule has 1 saturated carbocycles. The van der Waals surface area contributed by atoms with Gasteiger partial charge in [-0.15, -0.1) is 0 Å². The Kier molecular flexibility index (Phi) is 4.28. The topological polar surface area (TPSA) is 61.4 Å². The van der Waals surface area contributed by atoms with Crippen LogP contribution >= 0.6 is 0 Å². The van der Waals surface area contributed by atoms with Gasteiger partial charge in [0, 0.05) is 6.54 Å². The zero-order valence-electron chi connectivity index (χ0n) is 11.4. The molecule has 1 heterocycles. The van der Waals surface area contributed by atoms with Gasteiger partial charge >= 0.3 is 0 Å². The Morgan fingerprint density at radius 2 is 1.94 bits per heavy atom. The fourth-order valence-electron chi connectivity index (χ4n) is 3.26. The third-order valence-electron chi connectivity index (χ3n) is 4.64. The Bertz CT molecular complexity index is 292. The van der Waals surface area contributed by atoms with Crippen molar-refractivity contribution < 1.29 is 9.90 Å². The molecule has 1 atom stereocenters. The molecule has 2 aliphatic rings. The summed E-state index contributed by atoms with van der Waals surface area (Å²) >= 11 is 0. The standard InChI is InChI=1S/C14H26N2O2/c1-2-14(9-6-10-16-14)12(17)15-11-13(18)7-4-3-5-8-13/h16,18H,2-11H2,1H3,(H,15,17). The molecule has 0 aromatic heterocycles. The minimum absolute atomic E-state index is 0.0708. The van der Waals surface area contributed by atoms with Crippen LogP contribution in [0.15, 0.2) is 0 Å². The summed E-state index contributed by atoms with van der Waals surface area (Å²) < 4.78 is 0. The van der Waals surface area contributed by atoms with Crippen molar-refractivity contribution in [1.82, 2.24) is 10.6 Å². The summed E-state index contributed by atoms with van der Waals surface area (Å²) in [6.07, 6.45) is 7.78. The van der Waals surface area contributed by atoms with Crippen molar-refractivity contribution in [2.75, 3.05) is 13.1 Å². The number of hydrogen-bond acceptors (Lipinski definition) is 3. The second-order valence-electron chi connectivity index (χ2n) is 5.93. The molecular formula is C14H26N2O2. The van der Waals surface area contributed by atoms with Crippen LogP contribution in [0.5, 0.6) is 0 Å². The quantitative estimate of drug-likeness (QED) is 0.709. The van der Waals surface area contributed by atoms with Gasteiger partial charge < -0.3 is 15.7 Å². The van der Waals surface area contributed by atoms with Gasteiger partial charge in [0.05, 0.1) is 11.1 Å². The van der Waals surface area contributed by atoms with Crippen LogP contribution in [0, 0.1) is 0 Å². The molecule has 1 amide bonds. The number of carbonyl (C=O) groups is 1. The first kappa shape index (κ1) is 13.8. The van der Waals surface area contributed by atoms with Gasteiger partial charge in [0.2, 0.25) is 5.91 Å². The van der Waals surface area contributed by atoms with Crippen LogP contribution in [0.4, 0.5) is 0 Å². The van der Waals surface area contributed by atoms with E-state index < -0.39 is 5.60 Å². The molecule has 4 nitrogen and oxygen atoms in total. The molecule has 2 rings (SSSR count). The van der Waals surface area contributed by atoms with E-state index in [-0.39, 0.29) is 11.4 Å². The van der Waals surface area contributed by atoms with Crippen LogP contribution in [-0.4, -0.2) is 35.2 Å². The van der Waals surface area contributed by atoms with E-state index in [0.29, 0.717) is 6.54 Å². The summed E-state index contributed by atoms with van der Waals surface area (Å²) in [6.45, 7) is 3.38. The van der Waals surface area contributed by atoms with Gasteiger partial charge in [0.15, 0.2) is 0 Å². The van der Waals surface area contributed by atoms with Crippen LogP contribution in [0.25, 0.3) is 0 Å². The highest BCUT2D eigenvalue weighted by atomic mass is 16.3. The van der Waals surface area contributed by atoms with E-state index in [1.54, 1.807) is 0 Å². The molecule has 0 spiro atoms. The predicted octanol–water partition coefficient (Wildman–Crippen LogP) is 1.33. The van der Waals surface area contributed by atoms with Crippen molar-refractivity contribution in [1.29, 1.82) is 0 Å². The Labute approximate surface area is 110 Å². The lowest BCUT2D eigenvalue weighted by molar-refractivity contribution is -0.129. The van der Waals surface area contributed by atoms with Gasteiger partial charge in [-0.2, -0.15) is 0 Å². The van der Waals surface area contributed by atoms with E-state index >= 15 is 0 Å². The first-order valence-electron chi connectivity index (χ1n) is 7.36. The lowest BCUT2D eigenvalue weighted by Crippen LogP contribution is -2.56. The molecule has 3 N–H and O–H groups in total. The Hall–Kier alpha value is -0.610. The van der Waals surface area contributed by atoms with Gasteiger partial charge in [-0.25, -0.2) is 0 Å². The molecule has 0 radical (unpaired) electrons. The maximum absolute atomic E-state index is 12.3. The minimum atomic E-state index is -0.665. The van der Waals surface area contributed by atoms with Gasteiger partial charge in [0.25, 0.3) is 0 Å². The van der Waals surface area contributed by atoms with Crippen LogP contribution in [0.3, 0.4) is 0 Å². The second kappa shape index (κ2) is 5.57. The van der Waals surface area contributed by atoms with Crippen molar-refractivity contribution in [2.45, 2.75) is 69.4 Å². The fourth-order valence-corrected chi connectivity index (χ4v) is 3.26. The molecule has 1 aliphatic heterocycles. The summed E-state index contributed by atoms with van der Waals surface area (Å²) in [4.78, 5) is 12.3. The van der Waals surface area contributed by atoms with Gasteiger partial charge in [-0.05, 0) is 38.6 Å². The highest BCUT2D eigenvalue weighted by Crippen LogP contribution is 2.28. The van der Waals surface area contributed by atoms with Crippen LogP contribution in [-0.2, 0) is 4.79 Å². The maximum atomic E-state index is 12.3. The van der Waals surface area contributed by atoms with Gasteiger partial charge in [-0.3, -0.25) is 4.79 Å². The smallest absolute Gasteiger partial charge is 0.240 e. The molecule has 104 valence electrons. The first-order chi connectivity index (χ1) is 8.60. The lowest BCUT2D eigenvalue weighted by Gasteiger charge is -2.34. The third kappa shape index (κ3) is 2.86. The van der Waals surface area contributed by atoms with E-state index in [2.05, 4.69) is 10.6 Å². The van der Waals surface area contributed by atoms with Gasteiger partial charge in [-0.1, -0.05) is 26.2 Å². The van der Waals surface area contributed by atoms with E-state index in [0.717, 1.165) is 51.5 Å². The normalized spacial score (nSPS) is 31.2. The summed E-state index contributed by atoms with van der Waals surface area (Å²) in [7, 11) is 0. The zero-order valence-corrected chi connectivity index (χ0v) is 11.4. The molecule has 0 aromatic rings. The minimum Gasteiger partial charge on any atom is -0.388 e. The molecular weight excluding hydrogens is 228 g/mol. The number of hydrogen-bond donors (Lipinski definition) is 3. The van der Waals surface area contributed by atoms with E-state index in [1.165, 1.54) is 6.42 Å². The van der Waals surface area contributed by atoms with Crippen molar-refractivity contribution in [2.24, 2.45) is 0 Å². The summed E-state index contributed by atoms with van der Waals surface area (Å²) in [5.74, 6) is 0.0708. The molecule has 1 aliphatic carbocycles. The third-order valence-corrected chi connectivity index (χ3v) is 4.64. The number of amides is 1. The second-order valence-corrected chi connectivity index (χ2v) is 5.93. The first-order valence-corrected chi connectivity index (χ1v) is 7.36. The molecule has 2 fully saturated rings. The predicted molar refractivity (Wildman–Crippen MR) is 71.3 cm³/mol. The average Bonchev–Trinajstić information content (AvgIpc) is 2.87. The Morgan fingerprint density at radius 3 is 2.50 bits per heavy atom.